The van der Waals surface area contributed by atoms with Crippen LogP contribution in [-0.4, -0.2) is 0 Å². The van der Waals surface area contributed by atoms with E-state index in [0.29, 0.717) is 19.2 Å². The minimum atomic E-state index is 0. The number of halogens is 3. The smallest absolute Gasteiger partial charge is 1.00 e. The maximum absolute atomic E-state index is 2.32. The third kappa shape index (κ3) is 5.82. The van der Waals surface area contributed by atoms with Crippen LogP contribution in [0.4, 0.5) is 0 Å². The number of rotatable bonds is 1. The van der Waals surface area contributed by atoms with Crippen LogP contribution in [0.25, 0.3) is 0 Å². The zero-order valence-electron chi connectivity index (χ0n) is 5.57. The first-order valence-electron chi connectivity index (χ1n) is 2.47. The van der Waals surface area contributed by atoms with Crippen molar-refractivity contribution < 1.29 is 56.4 Å². The van der Waals surface area contributed by atoms with E-state index in [9.17, 15) is 0 Å². The van der Waals surface area contributed by atoms with Crippen molar-refractivity contribution in [1.29, 1.82) is 0 Å². The van der Waals surface area contributed by atoms with Crippen LogP contribution in [0.1, 0.15) is 6.42 Å². The molecule has 0 bridgehead atoms. The van der Waals surface area contributed by atoms with Gasteiger partial charge in [0.15, 0.2) is 0 Å². The Labute approximate surface area is 89.7 Å². The molecular weight excluding hydrogens is 226 g/mol. The molecule has 0 aliphatic heterocycles. The Bertz CT molecular complexity index is 120. The molecule has 1 aliphatic rings. The van der Waals surface area contributed by atoms with Gasteiger partial charge in [0, 0.05) is 0 Å². The first kappa shape index (κ1) is 17.2. The normalized spacial score (nSPS) is 11.5. The van der Waals surface area contributed by atoms with Crippen LogP contribution in [-0.2, 0) is 19.2 Å². The molecule has 0 N–H and O–H groups in total. The molecule has 0 unspecified atom stereocenters. The summed E-state index contributed by atoms with van der Waals surface area (Å²) < 4.78 is 1.68. The van der Waals surface area contributed by atoms with E-state index in [1.165, 1.54) is 6.42 Å². The minimum absolute atomic E-state index is 0. The fourth-order valence-corrected chi connectivity index (χ4v) is 1.55. The van der Waals surface area contributed by atoms with E-state index in [4.69, 9.17) is 0 Å². The fraction of sp³-hybridized carbons (Fsp3) is 0.333. The molecule has 1 rings (SSSR count). The molecule has 0 nitrogen and oxygen atoms in total. The summed E-state index contributed by atoms with van der Waals surface area (Å²) in [5.41, 5.74) is 0. The minimum Gasteiger partial charge on any atom is -1.00 e. The molecule has 0 saturated carbocycles. The second-order valence-corrected chi connectivity index (χ2v) is 3.36. The first-order chi connectivity index (χ1) is 3.43. The van der Waals surface area contributed by atoms with Crippen LogP contribution >= 0.6 is 0 Å². The standard InChI is InChI=1S/C5H5.CH3.3ClH.Ti/c1-2-4-5-3-1;;;;;/h1-3H,4H2;1H3;3*1H;/q;;;;;+3/p-3. The zero-order chi connectivity index (χ0) is 5.11. The van der Waals surface area contributed by atoms with Gasteiger partial charge in [-0.1, -0.05) is 0 Å². The Morgan fingerprint density at radius 3 is 2.10 bits per heavy atom. The van der Waals surface area contributed by atoms with Gasteiger partial charge in [0.1, 0.15) is 0 Å². The van der Waals surface area contributed by atoms with Gasteiger partial charge >= 0.3 is 52.9 Å². The predicted molar refractivity (Wildman–Crippen MR) is 27.7 cm³/mol. The van der Waals surface area contributed by atoms with E-state index in [0.717, 1.165) is 0 Å². The summed E-state index contributed by atoms with van der Waals surface area (Å²) in [4.78, 5) is 0. The summed E-state index contributed by atoms with van der Waals surface area (Å²) in [7, 11) is 0. The Kier molecular flexibility index (Phi) is 17.3. The molecule has 4 heteroatoms. The maximum atomic E-state index is 2.32. The zero-order valence-corrected chi connectivity index (χ0v) is 9.40. The Balaban J connectivity index is -0.000000163. The maximum Gasteiger partial charge on any atom is -1.00 e. The molecule has 57 valence electrons. The van der Waals surface area contributed by atoms with Crippen molar-refractivity contribution in [2.45, 2.75) is 11.6 Å². The molecule has 0 aromatic carbocycles. The van der Waals surface area contributed by atoms with Gasteiger partial charge in [0.2, 0.25) is 0 Å². The summed E-state index contributed by atoms with van der Waals surface area (Å²) in [5, 5.41) is 2.32. The van der Waals surface area contributed by atoms with Crippen molar-refractivity contribution >= 4 is 0 Å². The second-order valence-electron chi connectivity index (χ2n) is 1.57. The molecule has 0 heterocycles. The van der Waals surface area contributed by atoms with Crippen molar-refractivity contribution in [2.24, 2.45) is 0 Å². The summed E-state index contributed by atoms with van der Waals surface area (Å²) >= 11 is 0.292. The summed E-state index contributed by atoms with van der Waals surface area (Å²) in [5.74, 6) is 0. The molecule has 0 atom stereocenters. The number of hydrogen-bond donors (Lipinski definition) is 0. The number of allylic oxidation sites excluding steroid dienone is 4. The Morgan fingerprint density at radius 2 is 1.90 bits per heavy atom. The van der Waals surface area contributed by atoms with Gasteiger partial charge in [-0.15, -0.1) is 0 Å². The quantitative estimate of drug-likeness (QED) is 0.396. The van der Waals surface area contributed by atoms with Crippen LogP contribution in [0.15, 0.2) is 22.1 Å². The molecule has 0 saturated heterocycles. The van der Waals surface area contributed by atoms with Gasteiger partial charge in [0.05, 0.1) is 0 Å². The monoisotopic (exact) mass is 233 g/mol. The SMILES string of the molecule is [CH3][Ti+3][C]1=CC=CC1.[Cl-].[Cl-].[Cl-]. The van der Waals surface area contributed by atoms with Gasteiger partial charge < -0.3 is 37.2 Å². The number of hydrogen-bond acceptors (Lipinski definition) is 0. The van der Waals surface area contributed by atoms with Gasteiger partial charge in [-0.3, -0.25) is 0 Å². The Morgan fingerprint density at radius 1 is 1.30 bits per heavy atom. The molecule has 1 aliphatic carbocycles. The molecule has 0 spiro atoms. The van der Waals surface area contributed by atoms with Crippen LogP contribution in [0.3, 0.4) is 0 Å². The van der Waals surface area contributed by atoms with Gasteiger partial charge in [-0.05, 0) is 0 Å². The average Bonchev–Trinajstić information content (AvgIpc) is 2.14. The second kappa shape index (κ2) is 10.1. The third-order valence-corrected chi connectivity index (χ3v) is 2.67. The molecule has 0 fully saturated rings. The topological polar surface area (TPSA) is 0 Å². The van der Waals surface area contributed by atoms with Crippen LogP contribution in [0, 0.1) is 0 Å². The van der Waals surface area contributed by atoms with Crippen LogP contribution in [0.5, 0.6) is 0 Å². The van der Waals surface area contributed by atoms with Crippen molar-refractivity contribution in [2.75, 3.05) is 0 Å². The van der Waals surface area contributed by atoms with Crippen molar-refractivity contribution in [3.05, 3.63) is 22.1 Å². The molecule has 0 radical (unpaired) electrons. The van der Waals surface area contributed by atoms with E-state index in [1.807, 2.05) is 0 Å². The third-order valence-electron chi connectivity index (χ3n) is 1.09. The van der Waals surface area contributed by atoms with E-state index >= 15 is 0 Å². The van der Waals surface area contributed by atoms with E-state index in [-0.39, 0.29) is 37.2 Å². The molecule has 10 heavy (non-hydrogen) atoms. The van der Waals surface area contributed by atoms with E-state index < -0.39 is 0 Å². The summed E-state index contributed by atoms with van der Waals surface area (Å²) in [6, 6.07) is 0. The van der Waals surface area contributed by atoms with E-state index in [1.54, 1.807) is 3.88 Å². The first-order valence-corrected chi connectivity index (χ1v) is 4.81. The van der Waals surface area contributed by atoms with E-state index in [2.05, 4.69) is 23.5 Å². The van der Waals surface area contributed by atoms with Crippen molar-refractivity contribution in [3.63, 3.8) is 0 Å². The Hall–Kier alpha value is 1.06. The fourth-order valence-electron chi connectivity index (χ4n) is 0.633. The molecular formula is C6H8Cl3Ti. The predicted octanol–water partition coefficient (Wildman–Crippen LogP) is -7.03. The summed E-state index contributed by atoms with van der Waals surface area (Å²) in [6.45, 7) is 0. The average molecular weight is 234 g/mol. The van der Waals surface area contributed by atoms with Gasteiger partial charge in [0.25, 0.3) is 0 Å². The van der Waals surface area contributed by atoms with Crippen LogP contribution in [0.2, 0.25) is 5.23 Å². The van der Waals surface area contributed by atoms with Crippen LogP contribution < -0.4 is 37.2 Å². The van der Waals surface area contributed by atoms with Crippen molar-refractivity contribution in [3.8, 4) is 0 Å². The summed E-state index contributed by atoms with van der Waals surface area (Å²) in [6.07, 6.45) is 7.88. The van der Waals surface area contributed by atoms with Crippen molar-refractivity contribution in [1.82, 2.24) is 0 Å². The van der Waals surface area contributed by atoms with Gasteiger partial charge in [-0.25, -0.2) is 0 Å². The largest absolute Gasteiger partial charge is 1.00 e. The molecule has 0 aromatic rings. The van der Waals surface area contributed by atoms with Gasteiger partial charge in [-0.2, -0.15) is 0 Å². The molecule has 0 amide bonds. The molecule has 0 aromatic heterocycles.